The zero-order chi connectivity index (χ0) is 22.8. The van der Waals surface area contributed by atoms with Gasteiger partial charge in [0, 0.05) is 31.7 Å². The minimum Gasteiger partial charge on any atom is -0.507 e. The summed E-state index contributed by atoms with van der Waals surface area (Å²) in [6.07, 6.45) is 0. The fraction of sp³-hybridized carbons (Fsp3) is 0.304. The highest BCUT2D eigenvalue weighted by Gasteiger charge is 2.46. The molecule has 0 bridgehead atoms. The Morgan fingerprint density at radius 3 is 2.38 bits per heavy atom. The molecule has 168 valence electrons. The molecule has 32 heavy (non-hydrogen) atoms. The summed E-state index contributed by atoms with van der Waals surface area (Å²) >= 11 is 12.3. The third-order valence-corrected chi connectivity index (χ3v) is 6.42. The van der Waals surface area contributed by atoms with Crippen LogP contribution in [0.4, 0.5) is 4.39 Å². The monoisotopic (exact) mass is 478 g/mol. The summed E-state index contributed by atoms with van der Waals surface area (Å²) in [5.74, 6) is -2.36. The number of morpholine rings is 1. The van der Waals surface area contributed by atoms with Crippen molar-refractivity contribution in [3.05, 3.63) is 75.0 Å². The highest BCUT2D eigenvalue weighted by atomic mass is 35.5. The van der Waals surface area contributed by atoms with Crippen LogP contribution in [0.5, 0.6) is 0 Å². The van der Waals surface area contributed by atoms with Gasteiger partial charge >= 0.3 is 0 Å². The number of halogens is 3. The number of benzene rings is 2. The summed E-state index contributed by atoms with van der Waals surface area (Å²) in [4.78, 5) is 29.6. The van der Waals surface area contributed by atoms with E-state index in [4.69, 9.17) is 27.9 Å². The van der Waals surface area contributed by atoms with Crippen molar-refractivity contribution < 1.29 is 23.8 Å². The van der Waals surface area contributed by atoms with Crippen molar-refractivity contribution in [3.63, 3.8) is 0 Å². The average Bonchev–Trinajstić information content (AvgIpc) is 3.05. The Morgan fingerprint density at radius 2 is 1.72 bits per heavy atom. The minimum atomic E-state index is -0.851. The van der Waals surface area contributed by atoms with Gasteiger partial charge in [-0.25, -0.2) is 4.39 Å². The van der Waals surface area contributed by atoms with Crippen LogP contribution in [0, 0.1) is 5.82 Å². The second-order valence-corrected chi connectivity index (χ2v) is 8.44. The molecule has 2 saturated heterocycles. The van der Waals surface area contributed by atoms with Crippen LogP contribution in [0.25, 0.3) is 5.76 Å². The number of rotatable bonds is 5. The number of Topliss-reactive ketones (excluding diaryl/α,β-unsaturated/α-hetero) is 1. The fourth-order valence-electron chi connectivity index (χ4n) is 3.98. The Labute approximate surface area is 194 Å². The Balaban J connectivity index is 1.75. The number of amides is 1. The number of hydrogen-bond donors (Lipinski definition) is 1. The molecule has 4 rings (SSSR count). The molecule has 0 unspecified atom stereocenters. The molecule has 1 N–H and O–H groups in total. The molecular weight excluding hydrogens is 458 g/mol. The van der Waals surface area contributed by atoms with Gasteiger partial charge in [-0.05, 0) is 42.0 Å². The summed E-state index contributed by atoms with van der Waals surface area (Å²) in [5.41, 5.74) is 0.717. The number of carbonyl (C=O) groups is 2. The van der Waals surface area contributed by atoms with E-state index in [0.717, 1.165) is 13.1 Å². The number of likely N-dealkylation sites (tertiary alicyclic amines) is 1. The van der Waals surface area contributed by atoms with Gasteiger partial charge in [0.1, 0.15) is 11.6 Å². The Morgan fingerprint density at radius 1 is 1.03 bits per heavy atom. The highest BCUT2D eigenvalue weighted by molar-refractivity contribution is 6.46. The maximum absolute atomic E-state index is 13.4. The quantitative estimate of drug-likeness (QED) is 0.401. The van der Waals surface area contributed by atoms with Crippen LogP contribution < -0.4 is 0 Å². The first-order chi connectivity index (χ1) is 15.4. The zero-order valence-corrected chi connectivity index (χ0v) is 18.6. The van der Waals surface area contributed by atoms with Crippen molar-refractivity contribution >= 4 is 40.7 Å². The van der Waals surface area contributed by atoms with E-state index in [1.807, 2.05) is 0 Å². The van der Waals surface area contributed by atoms with Gasteiger partial charge in [0.05, 0.1) is 34.9 Å². The second kappa shape index (κ2) is 9.58. The van der Waals surface area contributed by atoms with Gasteiger partial charge < -0.3 is 14.7 Å². The van der Waals surface area contributed by atoms with E-state index < -0.39 is 23.5 Å². The average molecular weight is 479 g/mol. The van der Waals surface area contributed by atoms with Crippen LogP contribution in [0.1, 0.15) is 17.2 Å². The lowest BCUT2D eigenvalue weighted by Gasteiger charge is -2.31. The van der Waals surface area contributed by atoms with Crippen LogP contribution in [-0.2, 0) is 14.3 Å². The summed E-state index contributed by atoms with van der Waals surface area (Å²) in [5, 5.41) is 11.6. The van der Waals surface area contributed by atoms with Crippen molar-refractivity contribution in [3.8, 4) is 0 Å². The van der Waals surface area contributed by atoms with E-state index in [0.29, 0.717) is 30.3 Å². The maximum atomic E-state index is 13.4. The van der Waals surface area contributed by atoms with E-state index in [1.54, 1.807) is 18.2 Å². The predicted molar refractivity (Wildman–Crippen MR) is 119 cm³/mol. The van der Waals surface area contributed by atoms with E-state index in [1.165, 1.54) is 29.2 Å². The number of aliphatic hydroxyl groups excluding tert-OH is 1. The molecular formula is C23H21Cl2FN2O4. The molecule has 2 aromatic carbocycles. The van der Waals surface area contributed by atoms with E-state index in [-0.39, 0.29) is 28.5 Å². The molecule has 1 amide bonds. The summed E-state index contributed by atoms with van der Waals surface area (Å²) < 4.78 is 18.7. The van der Waals surface area contributed by atoms with Crippen molar-refractivity contribution in [2.45, 2.75) is 6.04 Å². The zero-order valence-electron chi connectivity index (χ0n) is 17.1. The maximum Gasteiger partial charge on any atom is 0.295 e. The highest BCUT2D eigenvalue weighted by Crippen LogP contribution is 2.40. The number of carbonyl (C=O) groups excluding carboxylic acids is 2. The van der Waals surface area contributed by atoms with E-state index in [9.17, 15) is 19.1 Å². The van der Waals surface area contributed by atoms with Crippen molar-refractivity contribution in [1.82, 2.24) is 9.80 Å². The molecule has 1 atom stereocenters. The Kier molecular flexibility index (Phi) is 6.81. The molecule has 0 aliphatic carbocycles. The lowest BCUT2D eigenvalue weighted by molar-refractivity contribution is -0.140. The molecule has 2 fully saturated rings. The molecule has 2 aliphatic rings. The van der Waals surface area contributed by atoms with Crippen LogP contribution in [0.2, 0.25) is 10.0 Å². The molecule has 6 nitrogen and oxygen atoms in total. The van der Waals surface area contributed by atoms with Crippen LogP contribution >= 0.6 is 23.2 Å². The normalized spacial score (nSPS) is 21.3. The van der Waals surface area contributed by atoms with Crippen molar-refractivity contribution in [1.29, 1.82) is 0 Å². The molecule has 0 spiro atoms. The van der Waals surface area contributed by atoms with Gasteiger partial charge in [0.2, 0.25) is 0 Å². The van der Waals surface area contributed by atoms with Crippen molar-refractivity contribution in [2.75, 3.05) is 39.4 Å². The first-order valence-corrected chi connectivity index (χ1v) is 10.9. The number of nitrogens with zero attached hydrogens (tertiary/aromatic N) is 2. The lowest BCUT2D eigenvalue weighted by atomic mass is 9.95. The van der Waals surface area contributed by atoms with Gasteiger partial charge in [0.15, 0.2) is 0 Å². The first-order valence-electron chi connectivity index (χ1n) is 10.2. The van der Waals surface area contributed by atoms with Crippen LogP contribution in [0.3, 0.4) is 0 Å². The summed E-state index contributed by atoms with van der Waals surface area (Å²) in [6, 6.07) is 9.06. The van der Waals surface area contributed by atoms with Gasteiger partial charge in [-0.1, -0.05) is 29.3 Å². The topological polar surface area (TPSA) is 70.1 Å². The number of hydrogen-bond acceptors (Lipinski definition) is 5. The van der Waals surface area contributed by atoms with Gasteiger partial charge in [-0.2, -0.15) is 0 Å². The molecule has 0 saturated carbocycles. The van der Waals surface area contributed by atoms with Crippen molar-refractivity contribution in [2.24, 2.45) is 0 Å². The number of ketones is 1. The van der Waals surface area contributed by atoms with Gasteiger partial charge in [0.25, 0.3) is 11.7 Å². The minimum absolute atomic E-state index is 0.0676. The smallest absolute Gasteiger partial charge is 0.295 e. The standard InChI is InChI=1S/C23H21Cl2FN2O4/c24-17-6-3-15(13-18(17)25)20-19(21(29)14-1-4-16(26)5-2-14)22(30)23(31)28(20)8-7-27-9-11-32-12-10-27/h1-6,13,20,29H,7-12H2/t20-/m1/s1. The number of aliphatic hydroxyl groups is 1. The molecule has 2 heterocycles. The SMILES string of the molecule is O=C1C(=O)N(CCN2CCOCC2)[C@H](c2ccc(Cl)c(Cl)c2)C1=C(O)c1ccc(F)cc1. The van der Waals surface area contributed by atoms with Crippen LogP contribution in [-0.4, -0.2) is 66.0 Å². The molecule has 0 radical (unpaired) electrons. The summed E-state index contributed by atoms with van der Waals surface area (Å²) in [7, 11) is 0. The third kappa shape index (κ3) is 4.52. The Bertz CT molecular complexity index is 1070. The predicted octanol–water partition coefficient (Wildman–Crippen LogP) is 3.89. The first kappa shape index (κ1) is 22.7. The van der Waals surface area contributed by atoms with Crippen LogP contribution in [0.15, 0.2) is 48.0 Å². The van der Waals surface area contributed by atoms with Gasteiger partial charge in [-0.3, -0.25) is 14.5 Å². The molecule has 9 heteroatoms. The largest absolute Gasteiger partial charge is 0.507 e. The summed E-state index contributed by atoms with van der Waals surface area (Å²) in [6.45, 7) is 3.51. The number of ether oxygens (including phenoxy) is 1. The van der Waals surface area contributed by atoms with E-state index in [2.05, 4.69) is 4.90 Å². The second-order valence-electron chi connectivity index (χ2n) is 7.63. The fourth-order valence-corrected chi connectivity index (χ4v) is 4.28. The molecule has 0 aromatic heterocycles. The third-order valence-electron chi connectivity index (χ3n) is 5.68. The Hall–Kier alpha value is -2.45. The lowest BCUT2D eigenvalue weighted by Crippen LogP contribution is -2.42. The molecule has 2 aromatic rings. The van der Waals surface area contributed by atoms with Gasteiger partial charge in [-0.15, -0.1) is 0 Å². The molecule has 2 aliphatic heterocycles. The van der Waals surface area contributed by atoms with E-state index >= 15 is 0 Å².